The molecule has 1 aliphatic rings. The largest absolute Gasteiger partial charge is 0.326 e. The van der Waals surface area contributed by atoms with Crippen LogP contribution < -0.4 is 10.2 Å². The number of aryl methyl sites for hydroxylation is 1. The van der Waals surface area contributed by atoms with Gasteiger partial charge in [0.2, 0.25) is 5.91 Å². The maximum Gasteiger partial charge on any atom is 0.268 e. The molecule has 0 saturated heterocycles. The number of anilines is 2. The fourth-order valence-corrected chi connectivity index (χ4v) is 4.00. The van der Waals surface area contributed by atoms with E-state index >= 15 is 0 Å². The molecule has 0 bridgehead atoms. The highest BCUT2D eigenvalue weighted by Crippen LogP contribution is 2.32. The smallest absolute Gasteiger partial charge is 0.268 e. The summed E-state index contributed by atoms with van der Waals surface area (Å²) in [5.41, 5.74) is 3.92. The first kappa shape index (κ1) is 17.5. The molecule has 2 aromatic carbocycles. The van der Waals surface area contributed by atoms with Gasteiger partial charge >= 0.3 is 0 Å². The first-order chi connectivity index (χ1) is 13.2. The molecule has 4 nitrogen and oxygen atoms in total. The first-order valence-corrected chi connectivity index (χ1v) is 9.91. The minimum absolute atomic E-state index is 0.0204. The normalized spacial score (nSPS) is 12.7. The SMILES string of the molecule is O=C(CCc1ccccc1)Nc1ccc2c(c1)N(C(=O)c1cccs1)CC2. The molecule has 136 valence electrons. The van der Waals surface area contributed by atoms with Crippen LogP contribution in [-0.4, -0.2) is 18.4 Å². The second-order valence-electron chi connectivity index (χ2n) is 6.56. The zero-order chi connectivity index (χ0) is 18.6. The predicted octanol–water partition coefficient (Wildman–Crippen LogP) is 4.52. The Morgan fingerprint density at radius 3 is 2.67 bits per heavy atom. The molecule has 4 rings (SSSR count). The Morgan fingerprint density at radius 1 is 1.04 bits per heavy atom. The number of carbonyl (C=O) groups excluding carboxylic acids is 2. The number of nitrogens with one attached hydrogen (secondary N) is 1. The summed E-state index contributed by atoms with van der Waals surface area (Å²) < 4.78 is 0. The van der Waals surface area contributed by atoms with Gasteiger partial charge in [-0.2, -0.15) is 0 Å². The van der Waals surface area contributed by atoms with Crippen LogP contribution in [0.3, 0.4) is 0 Å². The summed E-state index contributed by atoms with van der Waals surface area (Å²) in [6.45, 7) is 0.678. The number of hydrogen-bond donors (Lipinski definition) is 1. The summed E-state index contributed by atoms with van der Waals surface area (Å²) in [5, 5.41) is 4.87. The molecule has 27 heavy (non-hydrogen) atoms. The molecule has 0 unspecified atom stereocenters. The Labute approximate surface area is 162 Å². The molecule has 0 fully saturated rings. The van der Waals surface area contributed by atoms with Gasteiger partial charge in [-0.25, -0.2) is 0 Å². The van der Waals surface area contributed by atoms with E-state index in [2.05, 4.69) is 5.32 Å². The molecule has 0 spiro atoms. The summed E-state index contributed by atoms with van der Waals surface area (Å²) in [5.74, 6) is 0.00392. The van der Waals surface area contributed by atoms with Crippen molar-refractivity contribution in [3.8, 4) is 0 Å². The van der Waals surface area contributed by atoms with E-state index in [0.29, 0.717) is 19.4 Å². The maximum absolute atomic E-state index is 12.7. The van der Waals surface area contributed by atoms with Crippen molar-refractivity contribution in [1.29, 1.82) is 0 Å². The van der Waals surface area contributed by atoms with Gasteiger partial charge in [-0.05, 0) is 47.5 Å². The summed E-state index contributed by atoms with van der Waals surface area (Å²) in [4.78, 5) is 27.6. The van der Waals surface area contributed by atoms with Gasteiger partial charge in [0.05, 0.1) is 4.88 Å². The van der Waals surface area contributed by atoms with Crippen molar-refractivity contribution in [2.75, 3.05) is 16.8 Å². The molecule has 3 aromatic rings. The number of thiophene rings is 1. The average Bonchev–Trinajstić information content (AvgIpc) is 3.36. The van der Waals surface area contributed by atoms with Crippen molar-refractivity contribution in [2.45, 2.75) is 19.3 Å². The molecule has 0 saturated carbocycles. The molecule has 5 heteroatoms. The molecule has 1 aromatic heterocycles. The van der Waals surface area contributed by atoms with Crippen LogP contribution in [0.5, 0.6) is 0 Å². The molecule has 1 aliphatic heterocycles. The van der Waals surface area contributed by atoms with E-state index < -0.39 is 0 Å². The van der Waals surface area contributed by atoms with Crippen molar-refractivity contribution in [2.24, 2.45) is 0 Å². The van der Waals surface area contributed by atoms with Gasteiger partial charge in [-0.3, -0.25) is 9.59 Å². The van der Waals surface area contributed by atoms with Gasteiger partial charge in [0.15, 0.2) is 0 Å². The van der Waals surface area contributed by atoms with Gasteiger partial charge in [0, 0.05) is 24.3 Å². The molecule has 0 atom stereocenters. The van der Waals surface area contributed by atoms with Gasteiger partial charge in [0.25, 0.3) is 5.91 Å². The topological polar surface area (TPSA) is 49.4 Å². The van der Waals surface area contributed by atoms with E-state index in [1.807, 2.05) is 66.0 Å². The number of hydrogen-bond acceptors (Lipinski definition) is 3. The Balaban J connectivity index is 1.44. The highest BCUT2D eigenvalue weighted by Gasteiger charge is 2.26. The van der Waals surface area contributed by atoms with Crippen LogP contribution in [0.15, 0.2) is 66.0 Å². The Morgan fingerprint density at radius 2 is 1.89 bits per heavy atom. The minimum Gasteiger partial charge on any atom is -0.326 e. The van der Waals surface area contributed by atoms with E-state index in [4.69, 9.17) is 0 Å². The van der Waals surface area contributed by atoms with Crippen LogP contribution in [0.1, 0.15) is 27.2 Å². The lowest BCUT2D eigenvalue weighted by molar-refractivity contribution is -0.116. The van der Waals surface area contributed by atoms with Gasteiger partial charge in [0.1, 0.15) is 0 Å². The zero-order valence-electron chi connectivity index (χ0n) is 14.9. The van der Waals surface area contributed by atoms with E-state index in [-0.39, 0.29) is 11.8 Å². The van der Waals surface area contributed by atoms with Crippen molar-refractivity contribution in [1.82, 2.24) is 0 Å². The molecule has 2 heterocycles. The molecular formula is C22H20N2O2S. The Hall–Kier alpha value is -2.92. The quantitative estimate of drug-likeness (QED) is 0.712. The highest BCUT2D eigenvalue weighted by atomic mass is 32.1. The van der Waals surface area contributed by atoms with Crippen LogP contribution in [0, 0.1) is 0 Å². The van der Waals surface area contributed by atoms with Crippen LogP contribution in [0.2, 0.25) is 0 Å². The number of carbonyl (C=O) groups is 2. The van der Waals surface area contributed by atoms with Gasteiger partial charge < -0.3 is 10.2 Å². The first-order valence-electron chi connectivity index (χ1n) is 9.03. The number of amides is 2. The third kappa shape index (κ3) is 3.93. The molecule has 1 N–H and O–H groups in total. The average molecular weight is 376 g/mol. The lowest BCUT2D eigenvalue weighted by Crippen LogP contribution is -2.28. The molecule has 0 radical (unpaired) electrons. The lowest BCUT2D eigenvalue weighted by atomic mass is 10.1. The third-order valence-electron chi connectivity index (χ3n) is 4.73. The van der Waals surface area contributed by atoms with Crippen molar-refractivity contribution in [3.63, 3.8) is 0 Å². The standard InChI is InChI=1S/C22H20N2O2S/c25-21(11-8-16-5-2-1-3-6-16)23-18-10-9-17-12-13-24(19(17)15-18)22(26)20-7-4-14-27-20/h1-7,9-10,14-15H,8,11-13H2,(H,23,25). The summed E-state index contributed by atoms with van der Waals surface area (Å²) in [6, 6.07) is 19.5. The summed E-state index contributed by atoms with van der Waals surface area (Å²) >= 11 is 1.45. The second kappa shape index (κ2) is 7.76. The summed E-state index contributed by atoms with van der Waals surface area (Å²) in [6.07, 6.45) is 1.98. The Bertz CT molecular complexity index is 952. The van der Waals surface area contributed by atoms with Crippen LogP contribution >= 0.6 is 11.3 Å². The number of fused-ring (bicyclic) bond motifs is 1. The Kier molecular flexibility index (Phi) is 5.03. The van der Waals surface area contributed by atoms with Gasteiger partial charge in [-0.1, -0.05) is 42.5 Å². The fraction of sp³-hybridized carbons (Fsp3) is 0.182. The van der Waals surface area contributed by atoms with E-state index in [0.717, 1.165) is 33.8 Å². The predicted molar refractivity (Wildman–Crippen MR) is 110 cm³/mol. The van der Waals surface area contributed by atoms with Crippen molar-refractivity contribution in [3.05, 3.63) is 82.0 Å². The molecular weight excluding hydrogens is 356 g/mol. The number of nitrogens with zero attached hydrogens (tertiary/aromatic N) is 1. The summed E-state index contributed by atoms with van der Waals surface area (Å²) in [7, 11) is 0. The zero-order valence-corrected chi connectivity index (χ0v) is 15.7. The number of rotatable bonds is 5. The van der Waals surface area contributed by atoms with Gasteiger partial charge in [-0.15, -0.1) is 11.3 Å². The fourth-order valence-electron chi connectivity index (χ4n) is 3.33. The number of benzene rings is 2. The van der Waals surface area contributed by atoms with Crippen LogP contribution in [0.4, 0.5) is 11.4 Å². The highest BCUT2D eigenvalue weighted by molar-refractivity contribution is 7.12. The monoisotopic (exact) mass is 376 g/mol. The lowest BCUT2D eigenvalue weighted by Gasteiger charge is -2.17. The molecule has 0 aliphatic carbocycles. The van der Waals surface area contributed by atoms with Crippen LogP contribution in [-0.2, 0) is 17.6 Å². The van der Waals surface area contributed by atoms with Crippen LogP contribution in [0.25, 0.3) is 0 Å². The maximum atomic E-state index is 12.7. The third-order valence-corrected chi connectivity index (χ3v) is 5.58. The molecule has 2 amide bonds. The second-order valence-corrected chi connectivity index (χ2v) is 7.51. The van der Waals surface area contributed by atoms with E-state index in [1.54, 1.807) is 4.90 Å². The van der Waals surface area contributed by atoms with Crippen molar-refractivity contribution >= 4 is 34.5 Å². The van der Waals surface area contributed by atoms with Crippen molar-refractivity contribution < 1.29 is 9.59 Å². The minimum atomic E-state index is -0.0204. The van der Waals surface area contributed by atoms with E-state index in [9.17, 15) is 9.59 Å². The van der Waals surface area contributed by atoms with E-state index in [1.165, 1.54) is 11.3 Å².